The van der Waals surface area contributed by atoms with Gasteiger partial charge in [0.2, 0.25) is 0 Å². The molecule has 0 saturated heterocycles. The fraction of sp³-hybridized carbons (Fsp3) is 0.455. The van der Waals surface area contributed by atoms with Crippen LogP contribution in [0.15, 0.2) is 12.3 Å². The number of carboxylic acids is 1. The molecule has 8 nitrogen and oxygen atoms in total. The Kier molecular flexibility index (Phi) is 4.76. The number of carboxylic acid groups (broad SMARTS) is 1. The molecule has 1 aromatic rings. The summed E-state index contributed by atoms with van der Waals surface area (Å²) >= 11 is 0. The van der Waals surface area contributed by atoms with E-state index in [1.54, 1.807) is 13.8 Å². The summed E-state index contributed by atoms with van der Waals surface area (Å²) in [4.78, 5) is 24.7. The van der Waals surface area contributed by atoms with Crippen molar-refractivity contribution in [3.8, 4) is 0 Å². The van der Waals surface area contributed by atoms with E-state index < -0.39 is 10.9 Å². The molecule has 0 aliphatic heterocycles. The molecule has 1 heterocycles. The van der Waals surface area contributed by atoms with E-state index in [9.17, 15) is 14.9 Å². The Morgan fingerprint density at radius 1 is 1.58 bits per heavy atom. The van der Waals surface area contributed by atoms with Gasteiger partial charge in [-0.05, 0) is 12.8 Å². The number of pyridine rings is 1. The molecule has 0 spiro atoms. The maximum Gasteiger partial charge on any atom is 0.339 e. The number of nitrogens with one attached hydrogen (secondary N) is 1. The number of rotatable bonds is 6. The maximum atomic E-state index is 11.1. The molecule has 1 aromatic heterocycles. The van der Waals surface area contributed by atoms with Crippen molar-refractivity contribution in [2.45, 2.75) is 19.9 Å². The first-order valence-corrected chi connectivity index (χ1v) is 5.62. The number of nitro groups is 1. The predicted molar refractivity (Wildman–Crippen MR) is 67.2 cm³/mol. The minimum atomic E-state index is -1.30. The number of nitrogens with zero attached hydrogens (tertiary/aromatic N) is 2. The van der Waals surface area contributed by atoms with Gasteiger partial charge in [0.25, 0.3) is 5.69 Å². The van der Waals surface area contributed by atoms with Gasteiger partial charge in [0.05, 0.1) is 4.92 Å². The quantitative estimate of drug-likeness (QED) is 0.521. The van der Waals surface area contributed by atoms with E-state index in [1.165, 1.54) is 0 Å². The molecule has 104 valence electrons. The number of hydrogen-bond donors (Lipinski definition) is 3. The summed E-state index contributed by atoms with van der Waals surface area (Å²) in [6, 6.07) is 0.727. The summed E-state index contributed by atoms with van der Waals surface area (Å²) in [5.74, 6) is -1.37. The molecule has 8 heteroatoms. The topological polar surface area (TPSA) is 126 Å². The number of aromatic nitrogens is 1. The second-order valence-corrected chi connectivity index (χ2v) is 4.24. The van der Waals surface area contributed by atoms with E-state index in [0.29, 0.717) is 0 Å². The lowest BCUT2D eigenvalue weighted by atomic mass is 10.0. The van der Waals surface area contributed by atoms with Gasteiger partial charge in [0, 0.05) is 18.7 Å². The average molecular weight is 269 g/mol. The smallest absolute Gasteiger partial charge is 0.339 e. The number of carbonyl (C=O) groups is 1. The summed E-state index contributed by atoms with van der Waals surface area (Å²) in [6.45, 7) is 3.47. The third-order valence-electron chi connectivity index (χ3n) is 2.82. The van der Waals surface area contributed by atoms with Crippen molar-refractivity contribution in [2.75, 3.05) is 11.9 Å². The molecule has 0 aliphatic rings. The van der Waals surface area contributed by atoms with Crippen LogP contribution in [-0.2, 0) is 0 Å². The first-order valence-electron chi connectivity index (χ1n) is 5.62. The van der Waals surface area contributed by atoms with E-state index in [-0.39, 0.29) is 35.6 Å². The third-order valence-corrected chi connectivity index (χ3v) is 2.82. The molecular formula is C11H15N3O5. The Hall–Kier alpha value is -2.22. The van der Waals surface area contributed by atoms with Gasteiger partial charge in [-0.25, -0.2) is 9.78 Å². The largest absolute Gasteiger partial charge is 0.478 e. The Labute approximate surface area is 109 Å². The standard InChI is InChI=1S/C11H15N3O5/c1-6(5-15)7(2)13-10-9(11(16)17)3-8(4-12-10)14(18)19/h3-4,6-7,15H,5H2,1-2H3,(H,12,13)(H,16,17). The van der Waals surface area contributed by atoms with E-state index in [2.05, 4.69) is 10.3 Å². The summed E-state index contributed by atoms with van der Waals surface area (Å²) in [5.41, 5.74) is -0.656. The SMILES string of the molecule is CC(CO)C(C)Nc1ncc([N+](=O)[O-])cc1C(=O)O. The predicted octanol–water partition coefficient (Wildman–Crippen LogP) is 1.12. The first-order chi connectivity index (χ1) is 8.86. The maximum absolute atomic E-state index is 11.1. The number of anilines is 1. The van der Waals surface area contributed by atoms with Crippen molar-refractivity contribution in [1.29, 1.82) is 0 Å². The molecule has 3 N–H and O–H groups in total. The van der Waals surface area contributed by atoms with Crippen LogP contribution >= 0.6 is 0 Å². The van der Waals surface area contributed by atoms with E-state index in [0.717, 1.165) is 12.3 Å². The van der Waals surface area contributed by atoms with Crippen LogP contribution < -0.4 is 5.32 Å². The van der Waals surface area contributed by atoms with E-state index >= 15 is 0 Å². The Morgan fingerprint density at radius 2 is 2.21 bits per heavy atom. The van der Waals surface area contributed by atoms with Crippen LogP contribution in [0.2, 0.25) is 0 Å². The average Bonchev–Trinajstić information content (AvgIpc) is 2.37. The molecule has 0 bridgehead atoms. The van der Waals surface area contributed by atoms with Gasteiger partial charge in [-0.3, -0.25) is 10.1 Å². The van der Waals surface area contributed by atoms with Gasteiger partial charge in [-0.15, -0.1) is 0 Å². The van der Waals surface area contributed by atoms with Crippen LogP contribution in [0.5, 0.6) is 0 Å². The summed E-state index contributed by atoms with van der Waals surface area (Å²) in [6.07, 6.45) is 0.991. The van der Waals surface area contributed by atoms with Crippen molar-refractivity contribution in [1.82, 2.24) is 4.98 Å². The number of aliphatic hydroxyl groups is 1. The molecule has 2 unspecified atom stereocenters. The zero-order valence-electron chi connectivity index (χ0n) is 10.5. The minimum Gasteiger partial charge on any atom is -0.478 e. The monoisotopic (exact) mass is 269 g/mol. The van der Waals surface area contributed by atoms with Crippen LogP contribution in [0.3, 0.4) is 0 Å². The van der Waals surface area contributed by atoms with E-state index in [1.807, 2.05) is 0 Å². The number of hydrogen-bond acceptors (Lipinski definition) is 6. The van der Waals surface area contributed by atoms with Gasteiger partial charge < -0.3 is 15.5 Å². The highest BCUT2D eigenvalue weighted by Gasteiger charge is 2.20. The highest BCUT2D eigenvalue weighted by atomic mass is 16.6. The van der Waals surface area contributed by atoms with Gasteiger partial charge in [0.15, 0.2) is 0 Å². The Balaban J connectivity index is 3.07. The van der Waals surface area contributed by atoms with Crippen LogP contribution in [-0.4, -0.2) is 38.7 Å². The van der Waals surface area contributed by atoms with Crippen molar-refractivity contribution >= 4 is 17.5 Å². The van der Waals surface area contributed by atoms with Crippen LogP contribution in [0.25, 0.3) is 0 Å². The molecule has 0 aliphatic carbocycles. The number of aliphatic hydroxyl groups excluding tert-OH is 1. The van der Waals surface area contributed by atoms with Crippen molar-refractivity contribution in [2.24, 2.45) is 5.92 Å². The van der Waals surface area contributed by atoms with Crippen molar-refractivity contribution in [3.05, 3.63) is 27.9 Å². The highest BCUT2D eigenvalue weighted by Crippen LogP contribution is 2.21. The fourth-order valence-corrected chi connectivity index (χ4v) is 1.35. The van der Waals surface area contributed by atoms with Crippen LogP contribution in [0.4, 0.5) is 11.5 Å². The lowest BCUT2D eigenvalue weighted by Gasteiger charge is -2.20. The molecule has 0 amide bonds. The fourth-order valence-electron chi connectivity index (χ4n) is 1.35. The molecule has 0 fully saturated rings. The normalized spacial score (nSPS) is 13.6. The lowest BCUT2D eigenvalue weighted by Crippen LogP contribution is -2.27. The molecule has 0 saturated carbocycles. The Morgan fingerprint density at radius 3 is 2.68 bits per heavy atom. The molecular weight excluding hydrogens is 254 g/mol. The van der Waals surface area contributed by atoms with Gasteiger partial charge in [-0.1, -0.05) is 6.92 Å². The minimum absolute atomic E-state index is 0.0471. The zero-order chi connectivity index (χ0) is 14.6. The molecule has 1 rings (SSSR count). The van der Waals surface area contributed by atoms with E-state index in [4.69, 9.17) is 10.2 Å². The van der Waals surface area contributed by atoms with Crippen LogP contribution in [0, 0.1) is 16.0 Å². The third kappa shape index (κ3) is 3.62. The molecule has 19 heavy (non-hydrogen) atoms. The van der Waals surface area contributed by atoms with Gasteiger partial charge in [-0.2, -0.15) is 0 Å². The molecule has 0 radical (unpaired) electrons. The summed E-state index contributed by atoms with van der Waals surface area (Å²) in [7, 11) is 0. The second kappa shape index (κ2) is 6.10. The Bertz CT molecular complexity index is 491. The summed E-state index contributed by atoms with van der Waals surface area (Å²) in [5, 5.41) is 31.5. The first kappa shape index (κ1) is 14.8. The van der Waals surface area contributed by atoms with Gasteiger partial charge >= 0.3 is 5.97 Å². The van der Waals surface area contributed by atoms with Crippen molar-refractivity contribution < 1.29 is 19.9 Å². The van der Waals surface area contributed by atoms with Crippen molar-refractivity contribution in [3.63, 3.8) is 0 Å². The lowest BCUT2D eigenvalue weighted by molar-refractivity contribution is -0.385. The molecule has 2 atom stereocenters. The van der Waals surface area contributed by atoms with Crippen LogP contribution in [0.1, 0.15) is 24.2 Å². The number of aromatic carboxylic acids is 1. The second-order valence-electron chi connectivity index (χ2n) is 4.24. The highest BCUT2D eigenvalue weighted by molar-refractivity contribution is 5.93. The zero-order valence-corrected chi connectivity index (χ0v) is 10.5. The van der Waals surface area contributed by atoms with Gasteiger partial charge in [0.1, 0.15) is 17.6 Å². The summed E-state index contributed by atoms with van der Waals surface area (Å²) < 4.78 is 0. The molecule has 0 aromatic carbocycles.